The summed E-state index contributed by atoms with van der Waals surface area (Å²) in [5.41, 5.74) is 1.30. The van der Waals surface area contributed by atoms with Crippen LogP contribution in [0.2, 0.25) is 0 Å². The largest absolute Gasteiger partial charge is 0.300 e. The van der Waals surface area contributed by atoms with E-state index in [0.717, 1.165) is 5.69 Å². The lowest BCUT2D eigenvalue weighted by Gasteiger charge is -2.25. The standard InChI is InChI=1S/C13H16N2O3/c1-3-9-5-4-8(2)15(13(9)18)10-6-7-11(16)14-12(10)17/h4-5,10H,3,6-7H2,1-2H3,(H,14,16,17). The van der Waals surface area contributed by atoms with Gasteiger partial charge in [-0.3, -0.25) is 19.7 Å². The molecule has 1 unspecified atom stereocenters. The molecule has 96 valence electrons. The molecule has 1 saturated heterocycles. The Morgan fingerprint density at radius 1 is 1.33 bits per heavy atom. The van der Waals surface area contributed by atoms with E-state index < -0.39 is 6.04 Å². The number of hydrogen-bond donors (Lipinski definition) is 1. The summed E-state index contributed by atoms with van der Waals surface area (Å²) >= 11 is 0. The van der Waals surface area contributed by atoms with Crippen molar-refractivity contribution >= 4 is 11.8 Å². The third kappa shape index (κ3) is 2.08. The second kappa shape index (κ2) is 4.76. The summed E-state index contributed by atoms with van der Waals surface area (Å²) in [5.74, 6) is -0.654. The lowest BCUT2D eigenvalue weighted by molar-refractivity contribution is -0.135. The molecule has 1 aliphatic rings. The van der Waals surface area contributed by atoms with E-state index >= 15 is 0 Å². The Morgan fingerprint density at radius 2 is 2.06 bits per heavy atom. The summed E-state index contributed by atoms with van der Waals surface area (Å²) in [6, 6.07) is 3.06. The van der Waals surface area contributed by atoms with Crippen LogP contribution >= 0.6 is 0 Å². The maximum absolute atomic E-state index is 12.2. The summed E-state index contributed by atoms with van der Waals surface area (Å²) in [6.07, 6.45) is 1.30. The minimum atomic E-state index is -0.568. The van der Waals surface area contributed by atoms with Crippen LogP contribution in [0, 0.1) is 6.92 Å². The van der Waals surface area contributed by atoms with Crippen molar-refractivity contribution in [1.29, 1.82) is 0 Å². The fourth-order valence-corrected chi connectivity index (χ4v) is 2.27. The van der Waals surface area contributed by atoms with Crippen molar-refractivity contribution < 1.29 is 9.59 Å². The normalized spacial score (nSPS) is 19.8. The molecule has 1 aliphatic heterocycles. The average Bonchev–Trinajstić information content (AvgIpc) is 2.32. The number of hydrogen-bond acceptors (Lipinski definition) is 3. The number of imide groups is 1. The lowest BCUT2D eigenvalue weighted by atomic mass is 10.0. The number of nitrogens with one attached hydrogen (secondary N) is 1. The van der Waals surface area contributed by atoms with Gasteiger partial charge in [0.2, 0.25) is 11.8 Å². The van der Waals surface area contributed by atoms with Gasteiger partial charge in [-0.15, -0.1) is 0 Å². The van der Waals surface area contributed by atoms with Crippen LogP contribution in [0.3, 0.4) is 0 Å². The highest BCUT2D eigenvalue weighted by Gasteiger charge is 2.29. The summed E-state index contributed by atoms with van der Waals surface area (Å²) in [4.78, 5) is 35.2. The molecule has 0 aromatic carbocycles. The van der Waals surface area contributed by atoms with Crippen LogP contribution < -0.4 is 10.9 Å². The zero-order valence-electron chi connectivity index (χ0n) is 10.5. The van der Waals surface area contributed by atoms with Crippen molar-refractivity contribution in [3.8, 4) is 0 Å². The lowest BCUT2D eigenvalue weighted by Crippen LogP contribution is -2.45. The molecule has 1 fully saturated rings. The molecule has 1 atom stereocenters. The van der Waals surface area contributed by atoms with Gasteiger partial charge in [-0.25, -0.2) is 0 Å². The molecule has 1 N–H and O–H groups in total. The average molecular weight is 248 g/mol. The molecular weight excluding hydrogens is 232 g/mol. The Bertz CT molecular complexity index is 560. The fourth-order valence-electron chi connectivity index (χ4n) is 2.27. The van der Waals surface area contributed by atoms with Crippen molar-refractivity contribution in [2.45, 2.75) is 39.2 Å². The quantitative estimate of drug-likeness (QED) is 0.783. The Morgan fingerprint density at radius 3 is 2.67 bits per heavy atom. The number of amides is 2. The number of nitrogens with zero attached hydrogens (tertiary/aromatic N) is 1. The van der Waals surface area contributed by atoms with Crippen LogP contribution in [0.15, 0.2) is 16.9 Å². The van der Waals surface area contributed by atoms with Crippen molar-refractivity contribution in [2.75, 3.05) is 0 Å². The molecule has 0 spiro atoms. The molecule has 5 heteroatoms. The highest BCUT2D eigenvalue weighted by atomic mass is 16.2. The smallest absolute Gasteiger partial charge is 0.254 e. The summed E-state index contributed by atoms with van der Waals surface area (Å²) < 4.78 is 1.50. The second-order valence-electron chi connectivity index (χ2n) is 4.50. The first-order valence-corrected chi connectivity index (χ1v) is 6.09. The van der Waals surface area contributed by atoms with Crippen molar-refractivity contribution in [1.82, 2.24) is 9.88 Å². The molecule has 2 amide bonds. The first kappa shape index (κ1) is 12.5. The zero-order valence-corrected chi connectivity index (χ0v) is 10.5. The van der Waals surface area contributed by atoms with Gasteiger partial charge in [0.15, 0.2) is 0 Å². The molecule has 0 aliphatic carbocycles. The van der Waals surface area contributed by atoms with E-state index in [2.05, 4.69) is 5.32 Å². The number of rotatable bonds is 2. The predicted octanol–water partition coefficient (Wildman–Crippen LogP) is 0.697. The van der Waals surface area contributed by atoms with Gasteiger partial charge in [0, 0.05) is 17.7 Å². The second-order valence-corrected chi connectivity index (χ2v) is 4.50. The van der Waals surface area contributed by atoms with E-state index in [-0.39, 0.29) is 23.8 Å². The third-order valence-corrected chi connectivity index (χ3v) is 3.30. The van der Waals surface area contributed by atoms with Crippen LogP contribution in [0.4, 0.5) is 0 Å². The maximum Gasteiger partial charge on any atom is 0.254 e. The SMILES string of the molecule is CCc1ccc(C)n(C2CCC(=O)NC2=O)c1=O. The Labute approximate surface area is 105 Å². The highest BCUT2D eigenvalue weighted by molar-refractivity contribution is 5.99. The molecule has 0 bridgehead atoms. The number of aryl methyl sites for hydroxylation is 2. The fraction of sp³-hybridized carbons (Fsp3) is 0.462. The first-order valence-electron chi connectivity index (χ1n) is 6.09. The van der Waals surface area contributed by atoms with Gasteiger partial charge in [-0.2, -0.15) is 0 Å². The summed E-state index contributed by atoms with van der Waals surface area (Å²) in [7, 11) is 0. The van der Waals surface area contributed by atoms with E-state index in [1.807, 2.05) is 13.0 Å². The topological polar surface area (TPSA) is 68.2 Å². The van der Waals surface area contributed by atoms with Crippen molar-refractivity contribution in [3.63, 3.8) is 0 Å². The molecule has 2 rings (SSSR count). The van der Waals surface area contributed by atoms with Gasteiger partial charge >= 0.3 is 0 Å². The van der Waals surface area contributed by atoms with Gasteiger partial charge in [0.1, 0.15) is 6.04 Å². The molecule has 1 aromatic heterocycles. The van der Waals surface area contributed by atoms with Gasteiger partial charge in [0.05, 0.1) is 0 Å². The Balaban J connectivity index is 2.48. The highest BCUT2D eigenvalue weighted by Crippen LogP contribution is 2.18. The Hall–Kier alpha value is -1.91. The van der Waals surface area contributed by atoms with Crippen LogP contribution in [-0.4, -0.2) is 16.4 Å². The number of aromatic nitrogens is 1. The Kier molecular flexibility index (Phi) is 3.32. The van der Waals surface area contributed by atoms with E-state index in [9.17, 15) is 14.4 Å². The molecular formula is C13H16N2O3. The van der Waals surface area contributed by atoms with E-state index in [1.165, 1.54) is 4.57 Å². The van der Waals surface area contributed by atoms with Crippen LogP contribution in [0.25, 0.3) is 0 Å². The van der Waals surface area contributed by atoms with Gasteiger partial charge in [0.25, 0.3) is 5.56 Å². The molecule has 0 radical (unpaired) electrons. The van der Waals surface area contributed by atoms with Crippen LogP contribution in [-0.2, 0) is 16.0 Å². The first-order chi connectivity index (χ1) is 8.54. The number of carbonyl (C=O) groups excluding carboxylic acids is 2. The van der Waals surface area contributed by atoms with E-state index in [0.29, 0.717) is 18.4 Å². The van der Waals surface area contributed by atoms with Gasteiger partial charge in [-0.1, -0.05) is 13.0 Å². The van der Waals surface area contributed by atoms with Crippen molar-refractivity contribution in [2.24, 2.45) is 0 Å². The van der Waals surface area contributed by atoms with E-state index in [4.69, 9.17) is 0 Å². The molecule has 18 heavy (non-hydrogen) atoms. The monoisotopic (exact) mass is 248 g/mol. The summed E-state index contributed by atoms with van der Waals surface area (Å²) in [5, 5.41) is 2.28. The van der Waals surface area contributed by atoms with E-state index in [1.54, 1.807) is 13.0 Å². The molecule has 1 aromatic rings. The number of carbonyl (C=O) groups is 2. The maximum atomic E-state index is 12.2. The summed E-state index contributed by atoms with van der Waals surface area (Å²) in [6.45, 7) is 3.70. The van der Waals surface area contributed by atoms with Crippen molar-refractivity contribution in [3.05, 3.63) is 33.7 Å². The molecule has 5 nitrogen and oxygen atoms in total. The van der Waals surface area contributed by atoms with Gasteiger partial charge in [-0.05, 0) is 25.8 Å². The molecule has 2 heterocycles. The van der Waals surface area contributed by atoms with Crippen LogP contribution in [0.5, 0.6) is 0 Å². The number of piperidine rings is 1. The number of pyridine rings is 1. The third-order valence-electron chi connectivity index (χ3n) is 3.30. The minimum absolute atomic E-state index is 0.132. The molecule has 0 saturated carbocycles. The van der Waals surface area contributed by atoms with Gasteiger partial charge < -0.3 is 4.57 Å². The minimum Gasteiger partial charge on any atom is -0.300 e. The zero-order chi connectivity index (χ0) is 13.3. The predicted molar refractivity (Wildman–Crippen MR) is 66.2 cm³/mol. The van der Waals surface area contributed by atoms with Crippen LogP contribution in [0.1, 0.15) is 37.1 Å².